The second kappa shape index (κ2) is 9.56. The minimum absolute atomic E-state index is 0.0127. The lowest BCUT2D eigenvalue weighted by atomic mass is 10.0. The number of hydrogen-bond donors (Lipinski definition) is 3. The SMILES string of the molecule is Cc1cc(C)c(CNC(=O)NC(CCC(=O)O)Cc2ccccc2)cn1. The first-order chi connectivity index (χ1) is 12.4. The van der Waals surface area contributed by atoms with Gasteiger partial charge in [-0.2, -0.15) is 0 Å². The van der Waals surface area contributed by atoms with Crippen LogP contribution < -0.4 is 10.6 Å². The molecule has 0 bridgehead atoms. The summed E-state index contributed by atoms with van der Waals surface area (Å²) < 4.78 is 0. The Morgan fingerprint density at radius 3 is 2.58 bits per heavy atom. The average Bonchev–Trinajstić information content (AvgIpc) is 2.60. The van der Waals surface area contributed by atoms with Gasteiger partial charge in [0.1, 0.15) is 0 Å². The zero-order chi connectivity index (χ0) is 18.9. The number of urea groups is 1. The standard InChI is InChI=1S/C20H25N3O3/c1-14-10-15(2)21-12-17(14)13-22-20(26)23-18(8-9-19(24)25)11-16-6-4-3-5-7-16/h3-7,10,12,18H,8-9,11,13H2,1-2H3,(H,24,25)(H2,22,23,26). The molecule has 2 rings (SSSR count). The third kappa shape index (κ3) is 6.55. The van der Waals surface area contributed by atoms with Crippen molar-refractivity contribution in [2.24, 2.45) is 0 Å². The summed E-state index contributed by atoms with van der Waals surface area (Å²) in [6.45, 7) is 4.28. The minimum Gasteiger partial charge on any atom is -0.481 e. The van der Waals surface area contributed by atoms with Gasteiger partial charge in [-0.25, -0.2) is 4.79 Å². The smallest absolute Gasteiger partial charge is 0.315 e. The maximum Gasteiger partial charge on any atom is 0.315 e. The molecule has 1 unspecified atom stereocenters. The van der Waals surface area contributed by atoms with Crippen LogP contribution in [0.2, 0.25) is 0 Å². The molecule has 0 aliphatic carbocycles. The van der Waals surface area contributed by atoms with Gasteiger partial charge < -0.3 is 15.7 Å². The molecular weight excluding hydrogens is 330 g/mol. The second-order valence-corrected chi connectivity index (χ2v) is 6.40. The fourth-order valence-corrected chi connectivity index (χ4v) is 2.74. The summed E-state index contributed by atoms with van der Waals surface area (Å²) in [6.07, 6.45) is 2.74. The Balaban J connectivity index is 1.92. The Morgan fingerprint density at radius 1 is 1.19 bits per heavy atom. The molecule has 138 valence electrons. The monoisotopic (exact) mass is 355 g/mol. The molecular formula is C20H25N3O3. The maximum absolute atomic E-state index is 12.2. The Morgan fingerprint density at radius 2 is 1.92 bits per heavy atom. The summed E-state index contributed by atoms with van der Waals surface area (Å²) in [7, 11) is 0. The van der Waals surface area contributed by atoms with Crippen molar-refractivity contribution in [1.29, 1.82) is 0 Å². The predicted octanol–water partition coefficient (Wildman–Crippen LogP) is 2.97. The number of nitrogens with zero attached hydrogens (tertiary/aromatic N) is 1. The molecule has 2 amide bonds. The Bertz CT molecular complexity index is 747. The number of carboxylic acid groups (broad SMARTS) is 1. The highest BCUT2D eigenvalue weighted by molar-refractivity contribution is 5.74. The van der Waals surface area contributed by atoms with Crippen molar-refractivity contribution < 1.29 is 14.7 Å². The van der Waals surface area contributed by atoms with E-state index in [4.69, 9.17) is 5.11 Å². The molecule has 0 spiro atoms. The van der Waals surface area contributed by atoms with Crippen molar-refractivity contribution in [3.05, 3.63) is 65.0 Å². The molecule has 0 aliphatic rings. The van der Waals surface area contributed by atoms with Crippen molar-refractivity contribution >= 4 is 12.0 Å². The summed E-state index contributed by atoms with van der Waals surface area (Å²) in [4.78, 5) is 27.4. The summed E-state index contributed by atoms with van der Waals surface area (Å²) in [5, 5.41) is 14.6. The highest BCUT2D eigenvalue weighted by Gasteiger charge is 2.15. The number of carbonyl (C=O) groups excluding carboxylic acids is 1. The number of aryl methyl sites for hydroxylation is 2. The summed E-state index contributed by atoms with van der Waals surface area (Å²) >= 11 is 0. The van der Waals surface area contributed by atoms with E-state index in [1.165, 1.54) is 0 Å². The van der Waals surface area contributed by atoms with Gasteiger partial charge in [0.2, 0.25) is 0 Å². The van der Waals surface area contributed by atoms with Gasteiger partial charge in [0.05, 0.1) is 0 Å². The summed E-state index contributed by atoms with van der Waals surface area (Å²) in [5.41, 5.74) is 4.02. The van der Waals surface area contributed by atoms with E-state index in [0.29, 0.717) is 19.4 Å². The number of aromatic nitrogens is 1. The molecule has 3 N–H and O–H groups in total. The Kier molecular flexibility index (Phi) is 7.14. The van der Waals surface area contributed by atoms with Crippen molar-refractivity contribution in [2.75, 3.05) is 0 Å². The number of benzene rings is 1. The van der Waals surface area contributed by atoms with Crippen molar-refractivity contribution in [2.45, 2.75) is 45.7 Å². The molecule has 1 aromatic carbocycles. The fourth-order valence-electron chi connectivity index (χ4n) is 2.74. The average molecular weight is 355 g/mol. The number of carboxylic acids is 1. The molecule has 0 radical (unpaired) electrons. The largest absolute Gasteiger partial charge is 0.481 e. The van der Waals surface area contributed by atoms with Gasteiger partial charge >= 0.3 is 12.0 Å². The molecule has 1 aromatic heterocycles. The number of pyridine rings is 1. The number of amides is 2. The number of nitrogens with one attached hydrogen (secondary N) is 2. The number of carbonyl (C=O) groups is 2. The third-order valence-corrected chi connectivity index (χ3v) is 4.16. The second-order valence-electron chi connectivity index (χ2n) is 6.40. The first-order valence-corrected chi connectivity index (χ1v) is 8.66. The normalized spacial score (nSPS) is 11.6. The topological polar surface area (TPSA) is 91.3 Å². The molecule has 0 aliphatic heterocycles. The highest BCUT2D eigenvalue weighted by Crippen LogP contribution is 2.09. The van der Waals surface area contributed by atoms with E-state index >= 15 is 0 Å². The molecule has 6 heteroatoms. The van der Waals surface area contributed by atoms with Crippen LogP contribution in [0.1, 0.15) is 35.2 Å². The zero-order valence-electron chi connectivity index (χ0n) is 15.2. The van der Waals surface area contributed by atoms with Gasteiger partial charge in [-0.3, -0.25) is 9.78 Å². The lowest BCUT2D eigenvalue weighted by molar-refractivity contribution is -0.137. The number of aliphatic carboxylic acids is 1. The van der Waals surface area contributed by atoms with Crippen molar-refractivity contribution in [3.8, 4) is 0 Å². The van der Waals surface area contributed by atoms with Crippen molar-refractivity contribution in [1.82, 2.24) is 15.6 Å². The Labute approximate surface area is 153 Å². The van der Waals surface area contributed by atoms with Crippen LogP contribution in [-0.4, -0.2) is 28.1 Å². The van der Waals surface area contributed by atoms with E-state index in [0.717, 1.165) is 22.4 Å². The maximum atomic E-state index is 12.2. The van der Waals surface area contributed by atoms with Crippen LogP contribution in [0.5, 0.6) is 0 Å². The van der Waals surface area contributed by atoms with Gasteiger partial charge in [-0.1, -0.05) is 30.3 Å². The molecule has 6 nitrogen and oxygen atoms in total. The summed E-state index contributed by atoms with van der Waals surface area (Å²) in [5.74, 6) is -0.869. The van der Waals surface area contributed by atoms with Gasteiger partial charge in [-0.05, 0) is 49.4 Å². The lowest BCUT2D eigenvalue weighted by Gasteiger charge is -2.19. The van der Waals surface area contributed by atoms with E-state index in [-0.39, 0.29) is 18.5 Å². The third-order valence-electron chi connectivity index (χ3n) is 4.16. The van der Waals surface area contributed by atoms with E-state index in [1.807, 2.05) is 50.2 Å². The highest BCUT2D eigenvalue weighted by atomic mass is 16.4. The van der Waals surface area contributed by atoms with Gasteiger partial charge in [0.15, 0.2) is 0 Å². The molecule has 1 atom stereocenters. The molecule has 2 aromatic rings. The van der Waals surface area contributed by atoms with Gasteiger partial charge in [-0.15, -0.1) is 0 Å². The quantitative estimate of drug-likeness (QED) is 0.679. The van der Waals surface area contributed by atoms with Crippen LogP contribution in [0, 0.1) is 13.8 Å². The van der Waals surface area contributed by atoms with E-state index in [2.05, 4.69) is 15.6 Å². The summed E-state index contributed by atoms with van der Waals surface area (Å²) in [6, 6.07) is 11.1. The first-order valence-electron chi connectivity index (χ1n) is 8.66. The number of rotatable bonds is 8. The molecule has 26 heavy (non-hydrogen) atoms. The van der Waals surface area contributed by atoms with E-state index < -0.39 is 5.97 Å². The van der Waals surface area contributed by atoms with E-state index in [9.17, 15) is 9.59 Å². The molecule has 0 saturated heterocycles. The van der Waals surface area contributed by atoms with Crippen LogP contribution in [0.3, 0.4) is 0 Å². The van der Waals surface area contributed by atoms with Crippen LogP contribution in [-0.2, 0) is 17.8 Å². The minimum atomic E-state index is -0.869. The molecule has 1 heterocycles. The van der Waals surface area contributed by atoms with Gasteiger partial charge in [0, 0.05) is 30.9 Å². The first kappa shape index (κ1) is 19.4. The van der Waals surface area contributed by atoms with Crippen LogP contribution >= 0.6 is 0 Å². The number of hydrogen-bond acceptors (Lipinski definition) is 3. The van der Waals surface area contributed by atoms with Gasteiger partial charge in [0.25, 0.3) is 0 Å². The Hall–Kier alpha value is -2.89. The fraction of sp³-hybridized carbons (Fsp3) is 0.350. The van der Waals surface area contributed by atoms with E-state index in [1.54, 1.807) is 6.20 Å². The zero-order valence-corrected chi connectivity index (χ0v) is 15.2. The van der Waals surface area contributed by atoms with Crippen LogP contribution in [0.15, 0.2) is 42.6 Å². The predicted molar refractivity (Wildman–Crippen MR) is 99.9 cm³/mol. The lowest BCUT2D eigenvalue weighted by Crippen LogP contribution is -2.43. The molecule has 0 saturated carbocycles. The van der Waals surface area contributed by atoms with Crippen molar-refractivity contribution in [3.63, 3.8) is 0 Å². The van der Waals surface area contributed by atoms with Crippen LogP contribution in [0.4, 0.5) is 4.79 Å². The molecule has 0 fully saturated rings. The van der Waals surface area contributed by atoms with Crippen LogP contribution in [0.25, 0.3) is 0 Å².